The van der Waals surface area contributed by atoms with Gasteiger partial charge in [-0.1, -0.05) is 120 Å². The van der Waals surface area contributed by atoms with Gasteiger partial charge in [-0.3, -0.25) is 23.4 Å². The summed E-state index contributed by atoms with van der Waals surface area (Å²) in [6, 6.07) is 0. The average Bonchev–Trinajstić information content (AvgIpc) is 3.12. The third kappa shape index (κ3) is 39.4. The van der Waals surface area contributed by atoms with Crippen LogP contribution in [0.4, 0.5) is 0 Å². The Balaban J connectivity index is 4.63. The molecule has 0 aromatic carbocycles. The average molecular weight is 795 g/mol. The molecule has 2 atom stereocenters. The lowest BCUT2D eigenvalue weighted by Gasteiger charge is -2.24. The number of likely N-dealkylation sites (N-methyl/N-ethyl adjacent to an activating group) is 1. The van der Waals surface area contributed by atoms with E-state index in [2.05, 4.69) is 50.3 Å². The lowest BCUT2D eigenvalue weighted by Crippen LogP contribution is -2.37. The Bertz CT molecular complexity index is 1190. The summed E-state index contributed by atoms with van der Waals surface area (Å²) in [7, 11) is 1.32. The van der Waals surface area contributed by atoms with E-state index in [1.54, 1.807) is 6.08 Å². The van der Waals surface area contributed by atoms with Gasteiger partial charge in [-0.15, -0.1) is 0 Å². The molecule has 0 aliphatic rings. The highest BCUT2D eigenvalue weighted by molar-refractivity contribution is 7.47. The van der Waals surface area contributed by atoms with Crippen molar-refractivity contribution in [3.8, 4) is 0 Å². The second-order valence-corrected chi connectivity index (χ2v) is 16.5. The van der Waals surface area contributed by atoms with Crippen LogP contribution in [-0.4, -0.2) is 80.7 Å². The number of unbranched alkanes of at least 4 members (excludes halogenated alkanes) is 12. The Kier molecular flexibility index (Phi) is 34.1. The number of esters is 2. The van der Waals surface area contributed by atoms with Crippen LogP contribution in [0.25, 0.3) is 0 Å². The van der Waals surface area contributed by atoms with Gasteiger partial charge in [0.2, 0.25) is 0 Å². The lowest BCUT2D eigenvalue weighted by atomic mass is 10.1. The fraction of sp³-hybridized carbons (Fsp3) is 0.705. The summed E-state index contributed by atoms with van der Waals surface area (Å²) < 4.78 is 34.0. The minimum atomic E-state index is -4.44. The van der Waals surface area contributed by atoms with Gasteiger partial charge in [-0.25, -0.2) is 4.57 Å². The molecule has 0 aliphatic heterocycles. The van der Waals surface area contributed by atoms with Crippen LogP contribution in [0.3, 0.4) is 0 Å². The lowest BCUT2D eigenvalue weighted by molar-refractivity contribution is -0.870. The summed E-state index contributed by atoms with van der Waals surface area (Å²) >= 11 is 0. The van der Waals surface area contributed by atoms with E-state index in [0.717, 1.165) is 57.8 Å². The molecular weight excluding hydrogens is 717 g/mol. The van der Waals surface area contributed by atoms with Crippen molar-refractivity contribution in [2.75, 3.05) is 47.5 Å². The zero-order chi connectivity index (χ0) is 40.9. The number of quaternary nitrogens is 1. The van der Waals surface area contributed by atoms with E-state index < -0.39 is 32.5 Å². The van der Waals surface area contributed by atoms with Crippen LogP contribution in [0.15, 0.2) is 60.8 Å². The Morgan fingerprint density at radius 1 is 0.618 bits per heavy atom. The standard InChI is InChI=1S/C44H76NO9P/c1-6-8-10-12-14-16-18-20-22-24-26-28-30-33-41(46)34-32-36-44(48)54-42(40-53-55(49,50)52-38-37-45(3,4)5)39-51-43(47)35-31-29-27-25-23-21-19-17-15-13-11-9-7-2/h14,16-17,19-20,22,26,28,30,33,42H,6-13,15,18,21,23-25,27,29,31-32,34-40H2,1-5H3/p+1/b16-14-,19-17-,22-20-,28-26-,33-30+/t42-/m1/s1. The normalized spacial score (nSPS) is 14.1. The van der Waals surface area contributed by atoms with Crippen molar-refractivity contribution in [3.05, 3.63) is 60.8 Å². The Morgan fingerprint density at radius 3 is 1.84 bits per heavy atom. The van der Waals surface area contributed by atoms with Crippen LogP contribution >= 0.6 is 7.82 Å². The Hall–Kier alpha value is -2.62. The van der Waals surface area contributed by atoms with Crippen molar-refractivity contribution >= 4 is 25.5 Å². The summed E-state index contributed by atoms with van der Waals surface area (Å²) in [5, 5.41) is 0. The van der Waals surface area contributed by atoms with Gasteiger partial charge in [-0.05, 0) is 70.3 Å². The number of ether oxygens (including phenoxy) is 2. The zero-order valence-electron chi connectivity index (χ0n) is 35.1. The Labute approximate surface area is 334 Å². The number of rotatable bonds is 37. The first-order chi connectivity index (χ1) is 26.4. The first kappa shape index (κ1) is 52.4. The maximum absolute atomic E-state index is 12.6. The van der Waals surface area contributed by atoms with Crippen molar-refractivity contribution in [1.29, 1.82) is 0 Å². The first-order valence-corrected chi connectivity index (χ1v) is 22.5. The van der Waals surface area contributed by atoms with Gasteiger partial charge in [0, 0.05) is 19.3 Å². The monoisotopic (exact) mass is 795 g/mol. The molecule has 1 N–H and O–H groups in total. The molecule has 0 saturated heterocycles. The zero-order valence-corrected chi connectivity index (χ0v) is 36.0. The third-order valence-corrected chi connectivity index (χ3v) is 9.48. The maximum atomic E-state index is 12.6. The predicted octanol–water partition coefficient (Wildman–Crippen LogP) is 10.9. The number of carbonyl (C=O) groups is 3. The maximum Gasteiger partial charge on any atom is 0.472 e. The van der Waals surface area contributed by atoms with Gasteiger partial charge in [0.05, 0.1) is 27.7 Å². The molecule has 1 unspecified atom stereocenters. The van der Waals surface area contributed by atoms with Crippen LogP contribution in [0.2, 0.25) is 0 Å². The molecular formula is C44H77NO9P+. The predicted molar refractivity (Wildman–Crippen MR) is 224 cm³/mol. The van der Waals surface area contributed by atoms with Crippen molar-refractivity contribution in [3.63, 3.8) is 0 Å². The molecule has 11 heteroatoms. The summed E-state index contributed by atoms with van der Waals surface area (Å²) in [6.07, 6.45) is 38.5. The number of carbonyl (C=O) groups excluding carboxylic acids is 3. The molecule has 0 amide bonds. The van der Waals surface area contributed by atoms with E-state index in [4.69, 9.17) is 18.5 Å². The number of ketones is 1. The molecule has 0 aromatic rings. The number of phosphoric acid groups is 1. The van der Waals surface area contributed by atoms with Crippen LogP contribution < -0.4 is 0 Å². The van der Waals surface area contributed by atoms with E-state index in [1.807, 2.05) is 33.3 Å². The second kappa shape index (κ2) is 35.8. The van der Waals surface area contributed by atoms with Crippen molar-refractivity contribution in [2.45, 2.75) is 155 Å². The fourth-order valence-corrected chi connectivity index (χ4v) is 5.88. The number of hydrogen-bond donors (Lipinski definition) is 1. The van der Waals surface area contributed by atoms with Gasteiger partial charge >= 0.3 is 19.8 Å². The number of phosphoric ester groups is 1. The Morgan fingerprint density at radius 2 is 1.16 bits per heavy atom. The molecule has 0 aromatic heterocycles. The topological polar surface area (TPSA) is 125 Å². The minimum absolute atomic E-state index is 0.0149. The largest absolute Gasteiger partial charge is 0.472 e. The van der Waals surface area contributed by atoms with Crippen molar-refractivity contribution in [2.24, 2.45) is 0 Å². The number of allylic oxidation sites excluding steroid dienone is 10. The minimum Gasteiger partial charge on any atom is -0.462 e. The summed E-state index contributed by atoms with van der Waals surface area (Å²) in [5.74, 6) is -1.19. The SMILES string of the molecule is CCCCC/C=C\C/C=C\C/C=C\C=C\C(=O)CCCC(=O)O[C@H](COC(=O)CCCCCCC/C=C\CCCCCC)COP(=O)(O)OCC[N+](C)(C)C. The van der Waals surface area contributed by atoms with Gasteiger partial charge < -0.3 is 18.9 Å². The van der Waals surface area contributed by atoms with Crippen LogP contribution in [0.1, 0.15) is 149 Å². The summed E-state index contributed by atoms with van der Waals surface area (Å²) in [4.78, 5) is 47.5. The second-order valence-electron chi connectivity index (χ2n) is 15.1. The quantitative estimate of drug-likeness (QED) is 0.0124. The molecule has 10 nitrogen and oxygen atoms in total. The third-order valence-electron chi connectivity index (χ3n) is 8.50. The molecule has 316 valence electrons. The van der Waals surface area contributed by atoms with E-state index in [9.17, 15) is 23.8 Å². The van der Waals surface area contributed by atoms with Gasteiger partial charge in [0.25, 0.3) is 0 Å². The molecule has 0 rings (SSSR count). The van der Waals surface area contributed by atoms with E-state index >= 15 is 0 Å². The smallest absolute Gasteiger partial charge is 0.462 e. The van der Waals surface area contributed by atoms with Crippen LogP contribution in [-0.2, 0) is 37.5 Å². The van der Waals surface area contributed by atoms with E-state index in [1.165, 1.54) is 51.0 Å². The summed E-state index contributed by atoms with van der Waals surface area (Å²) in [6.45, 7) is 4.06. The molecule has 0 heterocycles. The van der Waals surface area contributed by atoms with Crippen molar-refractivity contribution < 1.29 is 46.8 Å². The molecule has 55 heavy (non-hydrogen) atoms. The highest BCUT2D eigenvalue weighted by Gasteiger charge is 2.27. The summed E-state index contributed by atoms with van der Waals surface area (Å²) in [5.41, 5.74) is 0. The van der Waals surface area contributed by atoms with E-state index in [-0.39, 0.29) is 44.7 Å². The highest BCUT2D eigenvalue weighted by atomic mass is 31.2. The highest BCUT2D eigenvalue weighted by Crippen LogP contribution is 2.43. The van der Waals surface area contributed by atoms with Gasteiger partial charge in [-0.2, -0.15) is 0 Å². The van der Waals surface area contributed by atoms with E-state index in [0.29, 0.717) is 17.4 Å². The fourth-order valence-electron chi connectivity index (χ4n) is 5.14. The number of nitrogens with zero attached hydrogens (tertiary/aromatic N) is 1. The first-order valence-electron chi connectivity index (χ1n) is 21.0. The van der Waals surface area contributed by atoms with Crippen LogP contribution in [0, 0.1) is 0 Å². The van der Waals surface area contributed by atoms with Gasteiger partial charge in [0.15, 0.2) is 11.9 Å². The molecule has 0 spiro atoms. The number of hydrogen-bond acceptors (Lipinski definition) is 8. The van der Waals surface area contributed by atoms with Crippen LogP contribution in [0.5, 0.6) is 0 Å². The molecule has 0 aliphatic carbocycles. The van der Waals surface area contributed by atoms with Gasteiger partial charge in [0.1, 0.15) is 19.8 Å². The molecule has 0 radical (unpaired) electrons. The molecule has 0 fully saturated rings. The van der Waals surface area contributed by atoms with Crippen molar-refractivity contribution in [1.82, 2.24) is 0 Å². The molecule has 0 bridgehead atoms. The molecule has 0 saturated carbocycles.